The Morgan fingerprint density at radius 3 is 2.51 bits per heavy atom. The van der Waals surface area contributed by atoms with Crippen LogP contribution in [0, 0.1) is 9.39 Å². The number of methoxy groups -OCH3 is 1. The fourth-order valence-electron chi connectivity index (χ4n) is 3.36. The minimum Gasteiger partial charge on any atom is -0.493 e. The number of ether oxygens (including phenoxy) is 2. The molecule has 3 aromatic rings. The standard InChI is InChI=1S/C26H19BrFIN2O5S/c1-35-21-11-16(10-20(27)24(21)36-14-15-2-4-17(28)5-3-15)12-22-25(33)31(26(34)37-22)13-23(32)30-19-8-6-18(29)7-9-19/h2-12H,13-14H2,1H3,(H,30,32)/b22-12-. The second-order valence-electron chi connectivity index (χ2n) is 7.77. The van der Waals surface area contributed by atoms with Gasteiger partial charge in [0, 0.05) is 9.26 Å². The van der Waals surface area contributed by atoms with Crippen LogP contribution in [0.1, 0.15) is 11.1 Å². The molecule has 1 heterocycles. The van der Waals surface area contributed by atoms with Gasteiger partial charge in [-0.2, -0.15) is 0 Å². The maximum absolute atomic E-state index is 13.1. The Labute approximate surface area is 238 Å². The Bertz CT molecular complexity index is 1380. The van der Waals surface area contributed by atoms with Crippen molar-refractivity contribution < 1.29 is 28.2 Å². The molecule has 0 bridgehead atoms. The fraction of sp³-hybridized carbons (Fsp3) is 0.115. The van der Waals surface area contributed by atoms with Crippen molar-refractivity contribution in [3.8, 4) is 11.5 Å². The highest BCUT2D eigenvalue weighted by atomic mass is 127. The van der Waals surface area contributed by atoms with E-state index in [0.29, 0.717) is 27.2 Å². The van der Waals surface area contributed by atoms with Crippen LogP contribution < -0.4 is 14.8 Å². The summed E-state index contributed by atoms with van der Waals surface area (Å²) < 4.78 is 26.0. The molecule has 0 unspecified atom stereocenters. The first kappa shape index (κ1) is 27.1. The van der Waals surface area contributed by atoms with Crippen LogP contribution >= 0.6 is 50.3 Å². The number of carbonyl (C=O) groups is 3. The van der Waals surface area contributed by atoms with Gasteiger partial charge in [-0.15, -0.1) is 0 Å². The number of carbonyl (C=O) groups excluding carboxylic acids is 3. The molecule has 1 aliphatic heterocycles. The van der Waals surface area contributed by atoms with E-state index in [4.69, 9.17) is 9.47 Å². The molecule has 1 aliphatic rings. The van der Waals surface area contributed by atoms with E-state index >= 15 is 0 Å². The number of amides is 3. The molecule has 190 valence electrons. The summed E-state index contributed by atoms with van der Waals surface area (Å²) in [6.45, 7) is -0.199. The van der Waals surface area contributed by atoms with E-state index in [1.165, 1.54) is 19.2 Å². The van der Waals surface area contributed by atoms with Crippen molar-refractivity contribution in [2.45, 2.75) is 6.61 Å². The smallest absolute Gasteiger partial charge is 0.294 e. The summed E-state index contributed by atoms with van der Waals surface area (Å²) in [4.78, 5) is 38.9. The van der Waals surface area contributed by atoms with Gasteiger partial charge in [0.2, 0.25) is 5.91 Å². The molecular formula is C26H19BrFIN2O5S. The quantitative estimate of drug-likeness (QED) is 0.215. The van der Waals surface area contributed by atoms with Gasteiger partial charge in [0.05, 0.1) is 16.5 Å². The van der Waals surface area contributed by atoms with Crippen LogP contribution in [0.2, 0.25) is 0 Å². The van der Waals surface area contributed by atoms with Crippen LogP contribution in [0.15, 0.2) is 70.0 Å². The maximum Gasteiger partial charge on any atom is 0.294 e. The topological polar surface area (TPSA) is 84.9 Å². The van der Waals surface area contributed by atoms with Crippen molar-refractivity contribution >= 4 is 79.1 Å². The lowest BCUT2D eigenvalue weighted by Gasteiger charge is -2.14. The number of benzene rings is 3. The van der Waals surface area contributed by atoms with Gasteiger partial charge in [-0.1, -0.05) is 12.1 Å². The third-order valence-corrected chi connectivity index (χ3v) is 7.36. The molecule has 37 heavy (non-hydrogen) atoms. The Hall–Kier alpha value is -2.90. The van der Waals surface area contributed by atoms with E-state index in [-0.39, 0.29) is 17.3 Å². The molecule has 0 aromatic heterocycles. The molecule has 0 spiro atoms. The minimum atomic E-state index is -0.556. The van der Waals surface area contributed by atoms with E-state index in [9.17, 15) is 18.8 Å². The zero-order valence-corrected chi connectivity index (χ0v) is 23.9. The molecule has 0 saturated carbocycles. The number of halogens is 3. The van der Waals surface area contributed by atoms with Crippen molar-refractivity contribution in [2.75, 3.05) is 19.0 Å². The number of nitrogens with zero attached hydrogens (tertiary/aromatic N) is 1. The van der Waals surface area contributed by atoms with Crippen molar-refractivity contribution in [1.82, 2.24) is 4.90 Å². The number of nitrogens with one attached hydrogen (secondary N) is 1. The summed E-state index contributed by atoms with van der Waals surface area (Å²) in [6.07, 6.45) is 1.55. The van der Waals surface area contributed by atoms with Crippen LogP contribution in [-0.2, 0) is 16.2 Å². The summed E-state index contributed by atoms with van der Waals surface area (Å²) in [6, 6.07) is 16.5. The van der Waals surface area contributed by atoms with E-state index in [2.05, 4.69) is 43.8 Å². The Morgan fingerprint density at radius 2 is 1.84 bits per heavy atom. The zero-order valence-electron chi connectivity index (χ0n) is 19.3. The predicted molar refractivity (Wildman–Crippen MR) is 152 cm³/mol. The largest absolute Gasteiger partial charge is 0.493 e. The van der Waals surface area contributed by atoms with E-state index < -0.39 is 23.6 Å². The van der Waals surface area contributed by atoms with E-state index in [1.807, 2.05) is 12.1 Å². The Balaban J connectivity index is 1.46. The highest BCUT2D eigenvalue weighted by Gasteiger charge is 2.36. The van der Waals surface area contributed by atoms with Crippen molar-refractivity contribution in [1.29, 1.82) is 0 Å². The second kappa shape index (κ2) is 12.1. The summed E-state index contributed by atoms with van der Waals surface area (Å²) in [5, 5.41) is 2.16. The number of imide groups is 1. The molecule has 0 aliphatic carbocycles. The molecule has 1 fully saturated rings. The molecule has 0 radical (unpaired) electrons. The monoisotopic (exact) mass is 696 g/mol. The summed E-state index contributed by atoms with van der Waals surface area (Å²) in [7, 11) is 1.48. The lowest BCUT2D eigenvalue weighted by Crippen LogP contribution is -2.36. The van der Waals surface area contributed by atoms with Gasteiger partial charge < -0.3 is 14.8 Å². The second-order valence-corrected chi connectivity index (χ2v) is 10.9. The van der Waals surface area contributed by atoms with Crippen molar-refractivity contribution in [3.05, 3.63) is 90.6 Å². The zero-order chi connectivity index (χ0) is 26.5. The first-order chi connectivity index (χ1) is 17.7. The molecule has 3 aromatic carbocycles. The molecule has 0 atom stereocenters. The molecule has 1 N–H and O–H groups in total. The van der Waals surface area contributed by atoms with Gasteiger partial charge in [-0.05, 0) is 116 Å². The highest BCUT2D eigenvalue weighted by Crippen LogP contribution is 2.39. The van der Waals surface area contributed by atoms with Crippen LogP contribution in [0.4, 0.5) is 14.9 Å². The molecule has 1 saturated heterocycles. The number of thioether (sulfide) groups is 1. The molecule has 4 rings (SSSR count). The van der Waals surface area contributed by atoms with Gasteiger partial charge in [-0.25, -0.2) is 4.39 Å². The normalized spacial score (nSPS) is 14.3. The Morgan fingerprint density at radius 1 is 1.14 bits per heavy atom. The van der Waals surface area contributed by atoms with E-state index in [1.54, 1.807) is 42.5 Å². The molecule has 3 amide bonds. The fourth-order valence-corrected chi connectivity index (χ4v) is 5.14. The van der Waals surface area contributed by atoms with Crippen molar-refractivity contribution in [3.63, 3.8) is 0 Å². The number of hydrogen-bond acceptors (Lipinski definition) is 6. The average Bonchev–Trinajstić information content (AvgIpc) is 3.12. The summed E-state index contributed by atoms with van der Waals surface area (Å²) in [5.41, 5.74) is 1.94. The van der Waals surface area contributed by atoms with Crippen LogP contribution in [0.5, 0.6) is 11.5 Å². The summed E-state index contributed by atoms with van der Waals surface area (Å²) >= 11 is 6.38. The number of hydrogen-bond donors (Lipinski definition) is 1. The maximum atomic E-state index is 13.1. The number of anilines is 1. The van der Waals surface area contributed by atoms with Gasteiger partial charge in [0.1, 0.15) is 19.0 Å². The third kappa shape index (κ3) is 6.90. The Kier molecular flexibility index (Phi) is 8.87. The van der Waals surface area contributed by atoms with Crippen LogP contribution in [0.25, 0.3) is 6.08 Å². The van der Waals surface area contributed by atoms with Gasteiger partial charge in [-0.3, -0.25) is 19.3 Å². The van der Waals surface area contributed by atoms with Gasteiger partial charge >= 0.3 is 0 Å². The van der Waals surface area contributed by atoms with E-state index in [0.717, 1.165) is 25.8 Å². The molecule has 11 heteroatoms. The number of rotatable bonds is 8. The SMILES string of the molecule is COc1cc(/C=C2\SC(=O)N(CC(=O)Nc3ccc(I)cc3)C2=O)cc(Br)c1OCc1ccc(F)cc1. The average molecular weight is 697 g/mol. The predicted octanol–water partition coefficient (Wildman–Crippen LogP) is 6.46. The molecule has 7 nitrogen and oxygen atoms in total. The van der Waals surface area contributed by atoms with Crippen molar-refractivity contribution in [2.24, 2.45) is 0 Å². The first-order valence-corrected chi connectivity index (χ1v) is 13.5. The lowest BCUT2D eigenvalue weighted by atomic mass is 10.1. The molecular weight excluding hydrogens is 678 g/mol. The van der Waals surface area contributed by atoms with Crippen LogP contribution in [-0.4, -0.2) is 35.6 Å². The highest BCUT2D eigenvalue weighted by molar-refractivity contribution is 14.1. The first-order valence-electron chi connectivity index (χ1n) is 10.8. The lowest BCUT2D eigenvalue weighted by molar-refractivity contribution is -0.127. The summed E-state index contributed by atoms with van der Waals surface area (Å²) in [5.74, 6) is -0.526. The van der Waals surface area contributed by atoms with Crippen LogP contribution in [0.3, 0.4) is 0 Å². The van der Waals surface area contributed by atoms with Gasteiger partial charge in [0.25, 0.3) is 11.1 Å². The third-order valence-electron chi connectivity index (χ3n) is 5.15. The van der Waals surface area contributed by atoms with Gasteiger partial charge in [0.15, 0.2) is 11.5 Å². The minimum absolute atomic E-state index is 0.181.